The van der Waals surface area contributed by atoms with Gasteiger partial charge in [0.05, 0.1) is 26.6 Å². The Hall–Kier alpha value is -1.80. The number of fused-ring (bicyclic) bond motifs is 3. The second-order valence-electron chi connectivity index (χ2n) is 12.8. The maximum absolute atomic E-state index is 11.7. The molecule has 0 spiro atoms. The molecule has 36 heavy (non-hydrogen) atoms. The maximum Gasteiger partial charge on any atom is 0.340 e. The molecule has 1 aromatic rings. The lowest BCUT2D eigenvalue weighted by Crippen LogP contribution is -2.58. The van der Waals surface area contributed by atoms with Gasteiger partial charge < -0.3 is 8.97 Å². The van der Waals surface area contributed by atoms with Crippen molar-refractivity contribution < 1.29 is 22.0 Å². The van der Waals surface area contributed by atoms with E-state index >= 15 is 0 Å². The first-order chi connectivity index (χ1) is 16.6. The second kappa shape index (κ2) is 10.5. The molecular formula is C28H47N3O4S. The molecule has 3 saturated carbocycles. The Morgan fingerprint density at radius 3 is 2.33 bits per heavy atom. The van der Waals surface area contributed by atoms with E-state index in [0.29, 0.717) is 22.7 Å². The van der Waals surface area contributed by atoms with Gasteiger partial charge in [-0.3, -0.25) is 16.0 Å². The van der Waals surface area contributed by atoms with Gasteiger partial charge in [0.25, 0.3) is 0 Å². The van der Waals surface area contributed by atoms with Crippen molar-refractivity contribution in [2.75, 3.05) is 14.1 Å². The monoisotopic (exact) mass is 521 g/mol. The molecule has 0 amide bonds. The minimum Gasteiger partial charge on any atom is -0.744 e. The third-order valence-electron chi connectivity index (χ3n) is 9.92. The smallest absolute Gasteiger partial charge is 0.340 e. The zero-order valence-electron chi connectivity index (χ0n) is 23.0. The van der Waals surface area contributed by atoms with Crippen molar-refractivity contribution in [3.05, 3.63) is 35.1 Å². The van der Waals surface area contributed by atoms with Crippen molar-refractivity contribution in [1.29, 1.82) is 0 Å². The Morgan fingerprint density at radius 1 is 1.11 bits per heavy atom. The molecule has 0 unspecified atom stereocenters. The standard InChI is InChI=1S/C25H38O4S.C3H9N3/c1-23(2)12-5-13-25(4)21(23)10-14-24(3)20(8-6-18-11-15-29-16-18)19(7-9-22(24)25)17-30(26,27)28;1-6(2)3(4)5/h11,15-17,20-22H,5-10,12-14H2,1-4H3,(H,26,27,28);1-2H3,(H3,4,5)/b19-17+;/t20-,21-,22-,24-,25-;/m0./s1. The van der Waals surface area contributed by atoms with Gasteiger partial charge in [-0.1, -0.05) is 39.7 Å². The predicted molar refractivity (Wildman–Crippen MR) is 143 cm³/mol. The molecule has 8 heteroatoms. The second-order valence-corrected chi connectivity index (χ2v) is 14.0. The maximum atomic E-state index is 11.7. The molecule has 5 atom stereocenters. The van der Waals surface area contributed by atoms with E-state index < -0.39 is 10.1 Å². The van der Waals surface area contributed by atoms with Crippen LogP contribution in [0.15, 0.2) is 34.0 Å². The summed E-state index contributed by atoms with van der Waals surface area (Å²) < 4.78 is 41.9. The Kier molecular flexibility index (Phi) is 8.41. The average molecular weight is 522 g/mol. The van der Waals surface area contributed by atoms with Gasteiger partial charge in [0.2, 0.25) is 0 Å². The zero-order valence-corrected chi connectivity index (χ0v) is 23.9. The van der Waals surface area contributed by atoms with Crippen molar-refractivity contribution in [1.82, 2.24) is 0 Å². The minimum atomic E-state index is -4.38. The lowest BCUT2D eigenvalue weighted by atomic mass is 9.39. The van der Waals surface area contributed by atoms with Crippen molar-refractivity contribution in [3.63, 3.8) is 0 Å². The van der Waals surface area contributed by atoms with Crippen LogP contribution in [0, 0.1) is 34.0 Å². The fraction of sp³-hybridized carbons (Fsp3) is 0.750. The summed E-state index contributed by atoms with van der Waals surface area (Å²) in [7, 11) is -0.807. The summed E-state index contributed by atoms with van der Waals surface area (Å²) in [5, 5.41) is 1.06. The molecule has 3 aliphatic carbocycles. The highest BCUT2D eigenvalue weighted by atomic mass is 32.2. The number of nitrogens with zero attached hydrogens (tertiary/aromatic N) is 1. The highest BCUT2D eigenvalue weighted by Crippen LogP contribution is 2.69. The number of allylic oxidation sites excluding steroid dienone is 1. The lowest BCUT2D eigenvalue weighted by molar-refractivity contribution is -0.466. The Balaban J connectivity index is 0.000000538. The van der Waals surface area contributed by atoms with Gasteiger partial charge in [-0.15, -0.1) is 0 Å². The third kappa shape index (κ3) is 6.01. The molecule has 1 heterocycles. The molecular weight excluding hydrogens is 474 g/mol. The quantitative estimate of drug-likeness (QED) is 0.253. The summed E-state index contributed by atoms with van der Waals surface area (Å²) in [4.78, 5) is 0. The van der Waals surface area contributed by atoms with E-state index in [-0.39, 0.29) is 11.3 Å². The number of rotatable bonds is 4. The largest absolute Gasteiger partial charge is 0.744 e. The molecule has 0 radical (unpaired) electrons. The van der Waals surface area contributed by atoms with E-state index in [1.165, 1.54) is 25.7 Å². The Morgan fingerprint density at radius 2 is 1.78 bits per heavy atom. The number of furan rings is 1. The normalized spacial score (nSPS) is 34.6. The van der Waals surface area contributed by atoms with Crippen molar-refractivity contribution in [2.45, 2.75) is 85.5 Å². The van der Waals surface area contributed by atoms with Gasteiger partial charge in [0, 0.05) is 5.41 Å². The van der Waals surface area contributed by atoms with E-state index in [1.807, 2.05) is 6.07 Å². The number of hydrogen-bond donors (Lipinski definition) is 2. The van der Waals surface area contributed by atoms with E-state index in [1.54, 1.807) is 31.2 Å². The van der Waals surface area contributed by atoms with Gasteiger partial charge in [0.15, 0.2) is 0 Å². The van der Waals surface area contributed by atoms with Gasteiger partial charge in [0.1, 0.15) is 10.1 Å². The van der Waals surface area contributed by atoms with Crippen molar-refractivity contribution >= 4 is 16.1 Å². The number of hydrogen-bond acceptors (Lipinski definition) is 4. The fourth-order valence-corrected chi connectivity index (χ4v) is 8.91. The summed E-state index contributed by atoms with van der Waals surface area (Å²) in [5.74, 6) is 1.77. The molecule has 7 nitrogen and oxygen atoms in total. The summed E-state index contributed by atoms with van der Waals surface area (Å²) in [5.41, 5.74) is 12.8. The summed E-state index contributed by atoms with van der Waals surface area (Å²) in [6.45, 7) is 9.82. The van der Waals surface area contributed by atoms with Crippen LogP contribution in [-0.2, 0) is 16.5 Å². The summed E-state index contributed by atoms with van der Waals surface area (Å²) >= 11 is 0. The Bertz CT molecular complexity index is 1060. The molecule has 0 saturated heterocycles. The van der Waals surface area contributed by atoms with E-state index in [2.05, 4.69) is 27.7 Å². The average Bonchev–Trinajstić information content (AvgIpc) is 3.25. The van der Waals surface area contributed by atoms with Gasteiger partial charge in [-0.2, -0.15) is 0 Å². The molecule has 0 aliphatic heterocycles. The SMILES string of the molecule is CC1(C)CCC[C@]2(C)[C@H]3CC/C(=C\S(=O)(=O)[O-])[C@H](CCc4ccoc4)[C@]3(C)CC[C@@H]12.C[N+](C)=C(N)N. The zero-order chi connectivity index (χ0) is 26.9. The van der Waals surface area contributed by atoms with E-state index in [0.717, 1.165) is 54.6 Å². The number of guanidine groups is 1. The summed E-state index contributed by atoms with van der Waals surface area (Å²) in [6.07, 6.45) is 13.1. The van der Waals surface area contributed by atoms with Gasteiger partial charge >= 0.3 is 5.96 Å². The van der Waals surface area contributed by atoms with Crippen LogP contribution in [0.2, 0.25) is 0 Å². The molecule has 4 rings (SSSR count). The molecule has 3 fully saturated rings. The van der Waals surface area contributed by atoms with Crippen LogP contribution < -0.4 is 11.5 Å². The van der Waals surface area contributed by atoms with Crippen LogP contribution in [0.1, 0.15) is 84.6 Å². The van der Waals surface area contributed by atoms with E-state index in [9.17, 15) is 13.0 Å². The first kappa shape index (κ1) is 28.8. The molecule has 0 bridgehead atoms. The Labute approximate surface area is 218 Å². The van der Waals surface area contributed by atoms with Crippen LogP contribution in [0.5, 0.6) is 0 Å². The third-order valence-corrected chi connectivity index (χ3v) is 10.5. The van der Waals surface area contributed by atoms with Crippen LogP contribution in [0.4, 0.5) is 0 Å². The van der Waals surface area contributed by atoms with Crippen LogP contribution in [0.25, 0.3) is 0 Å². The van der Waals surface area contributed by atoms with Crippen molar-refractivity contribution in [2.24, 2.45) is 45.5 Å². The topological polar surface area (TPSA) is 125 Å². The highest BCUT2D eigenvalue weighted by Gasteiger charge is 2.61. The van der Waals surface area contributed by atoms with Crippen LogP contribution >= 0.6 is 0 Å². The predicted octanol–water partition coefficient (Wildman–Crippen LogP) is 4.83. The molecule has 0 aromatic carbocycles. The number of aryl methyl sites for hydroxylation is 1. The molecule has 4 N–H and O–H groups in total. The first-order valence-electron chi connectivity index (χ1n) is 13.3. The van der Waals surface area contributed by atoms with Crippen LogP contribution in [0.3, 0.4) is 0 Å². The molecule has 3 aliphatic rings. The van der Waals surface area contributed by atoms with Gasteiger partial charge in [-0.05, 0) is 97.0 Å². The lowest BCUT2D eigenvalue weighted by Gasteiger charge is -2.66. The highest BCUT2D eigenvalue weighted by molar-refractivity contribution is 7.88. The number of nitrogens with two attached hydrogens (primary N) is 2. The first-order valence-corrected chi connectivity index (χ1v) is 14.8. The van der Waals surface area contributed by atoms with Crippen LogP contribution in [-0.4, -0.2) is 37.6 Å². The van der Waals surface area contributed by atoms with Gasteiger partial charge in [-0.25, -0.2) is 8.42 Å². The van der Waals surface area contributed by atoms with Crippen molar-refractivity contribution in [3.8, 4) is 0 Å². The van der Waals surface area contributed by atoms with E-state index in [4.69, 9.17) is 15.9 Å². The fourth-order valence-electron chi connectivity index (χ4n) is 8.26. The summed E-state index contributed by atoms with van der Waals surface area (Å²) in [6, 6.07) is 1.98. The molecule has 1 aromatic heterocycles. The minimum absolute atomic E-state index is 0.0389. The molecule has 204 valence electrons.